The van der Waals surface area contributed by atoms with Gasteiger partial charge in [-0.3, -0.25) is 4.79 Å². The van der Waals surface area contributed by atoms with Crippen molar-refractivity contribution in [3.05, 3.63) is 34.9 Å². The van der Waals surface area contributed by atoms with Crippen LogP contribution in [-0.2, 0) is 18.0 Å². The second kappa shape index (κ2) is 6.37. The lowest BCUT2D eigenvalue weighted by atomic mass is 10.0. The molecule has 1 saturated heterocycles. The van der Waals surface area contributed by atoms with Gasteiger partial charge in [-0.15, -0.1) is 12.4 Å². The average molecular weight is 283 g/mol. The highest BCUT2D eigenvalue weighted by Crippen LogP contribution is 2.20. The first kappa shape index (κ1) is 14.3. The van der Waals surface area contributed by atoms with Gasteiger partial charge in [0.2, 0.25) is 0 Å². The largest absolute Gasteiger partial charge is 0.372 e. The van der Waals surface area contributed by atoms with Gasteiger partial charge >= 0.3 is 0 Å². The molecule has 1 aromatic rings. The molecule has 2 aliphatic heterocycles. The molecule has 0 spiro atoms. The van der Waals surface area contributed by atoms with Gasteiger partial charge in [0.15, 0.2) is 0 Å². The predicted molar refractivity (Wildman–Crippen MR) is 75.5 cm³/mol. The lowest BCUT2D eigenvalue weighted by Crippen LogP contribution is -2.45. The number of nitrogens with one attached hydrogen (secondary N) is 2. The number of carbonyl (C=O) groups excluding carboxylic acids is 1. The highest BCUT2D eigenvalue weighted by atomic mass is 35.5. The Morgan fingerprint density at radius 3 is 2.95 bits per heavy atom. The first-order valence-electron chi connectivity index (χ1n) is 6.54. The Morgan fingerprint density at radius 1 is 1.32 bits per heavy atom. The fraction of sp³-hybridized carbons (Fsp3) is 0.500. The Kier molecular flexibility index (Phi) is 4.80. The van der Waals surface area contributed by atoms with E-state index in [4.69, 9.17) is 4.74 Å². The molecular weight excluding hydrogens is 264 g/mol. The van der Waals surface area contributed by atoms with Gasteiger partial charge in [0.1, 0.15) is 0 Å². The minimum atomic E-state index is 0. The van der Waals surface area contributed by atoms with Crippen molar-refractivity contribution in [1.82, 2.24) is 10.6 Å². The maximum Gasteiger partial charge on any atom is 0.251 e. The molecule has 0 aromatic heterocycles. The molecule has 0 radical (unpaired) electrons. The van der Waals surface area contributed by atoms with Crippen LogP contribution in [0.5, 0.6) is 0 Å². The van der Waals surface area contributed by atoms with Crippen LogP contribution in [0.1, 0.15) is 34.3 Å². The molecule has 5 heteroatoms. The third kappa shape index (κ3) is 3.26. The Balaban J connectivity index is 0.00000133. The maximum atomic E-state index is 12.1. The molecule has 3 rings (SSSR count). The van der Waals surface area contributed by atoms with Gasteiger partial charge in [0.05, 0.1) is 13.2 Å². The van der Waals surface area contributed by atoms with E-state index in [0.29, 0.717) is 13.2 Å². The molecule has 1 atom stereocenters. The minimum Gasteiger partial charge on any atom is -0.372 e. The summed E-state index contributed by atoms with van der Waals surface area (Å²) in [5.41, 5.74) is 3.08. The molecule has 1 unspecified atom stereocenters. The van der Waals surface area contributed by atoms with Crippen molar-refractivity contribution in [3.63, 3.8) is 0 Å². The Morgan fingerprint density at radius 2 is 2.16 bits per heavy atom. The van der Waals surface area contributed by atoms with E-state index in [-0.39, 0.29) is 24.4 Å². The number of ether oxygens (including phenoxy) is 1. The van der Waals surface area contributed by atoms with Crippen LogP contribution in [0.15, 0.2) is 18.2 Å². The quantitative estimate of drug-likeness (QED) is 0.867. The molecule has 1 amide bonds. The highest BCUT2D eigenvalue weighted by Gasteiger charge is 2.18. The van der Waals surface area contributed by atoms with Gasteiger partial charge in [-0.1, -0.05) is 6.07 Å². The fourth-order valence-electron chi connectivity index (χ4n) is 2.56. The van der Waals surface area contributed by atoms with E-state index in [1.54, 1.807) is 0 Å². The molecule has 0 bridgehead atoms. The zero-order chi connectivity index (χ0) is 12.4. The van der Waals surface area contributed by atoms with Crippen LogP contribution in [0.3, 0.4) is 0 Å². The van der Waals surface area contributed by atoms with Crippen molar-refractivity contribution in [3.8, 4) is 0 Å². The number of hydrogen-bond donors (Lipinski definition) is 2. The van der Waals surface area contributed by atoms with E-state index in [2.05, 4.69) is 10.6 Å². The van der Waals surface area contributed by atoms with E-state index < -0.39 is 0 Å². The van der Waals surface area contributed by atoms with Crippen molar-refractivity contribution in [2.45, 2.75) is 32.1 Å². The number of rotatable bonds is 2. The zero-order valence-electron chi connectivity index (χ0n) is 10.8. The molecular formula is C14H19ClN2O2. The first-order valence-corrected chi connectivity index (χ1v) is 6.54. The number of carbonyl (C=O) groups is 1. The van der Waals surface area contributed by atoms with Crippen LogP contribution in [0.25, 0.3) is 0 Å². The van der Waals surface area contributed by atoms with E-state index in [1.807, 2.05) is 18.2 Å². The van der Waals surface area contributed by atoms with Crippen LogP contribution < -0.4 is 10.6 Å². The van der Waals surface area contributed by atoms with Crippen LogP contribution >= 0.6 is 12.4 Å². The molecule has 19 heavy (non-hydrogen) atoms. The normalized spacial score (nSPS) is 21.4. The van der Waals surface area contributed by atoms with Gasteiger partial charge in [-0.2, -0.15) is 0 Å². The molecule has 104 valence electrons. The van der Waals surface area contributed by atoms with E-state index in [0.717, 1.165) is 37.1 Å². The lowest BCUT2D eigenvalue weighted by molar-refractivity contribution is 0.0930. The number of amides is 1. The van der Waals surface area contributed by atoms with Crippen LogP contribution in [0.4, 0.5) is 0 Å². The molecule has 4 nitrogen and oxygen atoms in total. The van der Waals surface area contributed by atoms with Crippen molar-refractivity contribution in [2.75, 3.05) is 13.1 Å². The van der Waals surface area contributed by atoms with Gasteiger partial charge in [-0.25, -0.2) is 0 Å². The summed E-state index contributed by atoms with van der Waals surface area (Å²) in [6, 6.07) is 6.10. The van der Waals surface area contributed by atoms with Crippen molar-refractivity contribution in [2.24, 2.45) is 0 Å². The van der Waals surface area contributed by atoms with Gasteiger partial charge < -0.3 is 15.4 Å². The Labute approximate surface area is 119 Å². The van der Waals surface area contributed by atoms with E-state index in [9.17, 15) is 4.79 Å². The zero-order valence-corrected chi connectivity index (χ0v) is 11.6. The molecule has 2 aliphatic rings. The van der Waals surface area contributed by atoms with Gasteiger partial charge in [0, 0.05) is 18.2 Å². The maximum absolute atomic E-state index is 12.1. The summed E-state index contributed by atoms with van der Waals surface area (Å²) >= 11 is 0. The minimum absolute atomic E-state index is 0. The second-order valence-electron chi connectivity index (χ2n) is 4.99. The molecule has 1 fully saturated rings. The fourth-order valence-corrected chi connectivity index (χ4v) is 2.56. The Hall–Kier alpha value is -1.10. The number of benzene rings is 1. The molecule has 1 aromatic carbocycles. The molecule has 0 saturated carbocycles. The van der Waals surface area contributed by atoms with Gasteiger partial charge in [-0.05, 0) is 42.6 Å². The summed E-state index contributed by atoms with van der Waals surface area (Å²) in [6.45, 7) is 3.23. The van der Waals surface area contributed by atoms with E-state index >= 15 is 0 Å². The summed E-state index contributed by atoms with van der Waals surface area (Å²) in [4.78, 5) is 12.1. The average Bonchev–Trinajstić information content (AvgIpc) is 2.87. The smallest absolute Gasteiger partial charge is 0.251 e. The van der Waals surface area contributed by atoms with Crippen LogP contribution in [0.2, 0.25) is 0 Å². The number of hydrogen-bond acceptors (Lipinski definition) is 3. The standard InChI is InChI=1S/C14H18N2O2.ClH/c17-14(16-13-2-1-5-15-7-13)10-3-4-11-8-18-9-12(11)6-10;/h3-4,6,13,15H,1-2,5,7-9H2,(H,16,17);1H. The van der Waals surface area contributed by atoms with Crippen LogP contribution in [0, 0.1) is 0 Å². The predicted octanol–water partition coefficient (Wildman–Crippen LogP) is 1.62. The molecule has 0 aliphatic carbocycles. The SMILES string of the molecule is Cl.O=C(NC1CCCNC1)c1ccc2c(c1)COC2. The number of fused-ring (bicyclic) bond motifs is 1. The topological polar surface area (TPSA) is 50.4 Å². The Bertz CT molecular complexity index is 459. The second-order valence-corrected chi connectivity index (χ2v) is 4.99. The summed E-state index contributed by atoms with van der Waals surface area (Å²) in [6.07, 6.45) is 2.19. The number of piperidine rings is 1. The summed E-state index contributed by atoms with van der Waals surface area (Å²) in [5.74, 6) is 0.0263. The summed E-state index contributed by atoms with van der Waals surface area (Å²) < 4.78 is 5.36. The third-order valence-corrected chi connectivity index (χ3v) is 3.62. The molecule has 2 heterocycles. The lowest BCUT2D eigenvalue weighted by Gasteiger charge is -2.23. The van der Waals surface area contributed by atoms with Crippen LogP contribution in [-0.4, -0.2) is 25.0 Å². The third-order valence-electron chi connectivity index (χ3n) is 3.62. The monoisotopic (exact) mass is 282 g/mol. The summed E-state index contributed by atoms with van der Waals surface area (Å²) in [7, 11) is 0. The molecule has 2 N–H and O–H groups in total. The van der Waals surface area contributed by atoms with E-state index in [1.165, 1.54) is 5.56 Å². The summed E-state index contributed by atoms with van der Waals surface area (Å²) in [5, 5.41) is 6.38. The van der Waals surface area contributed by atoms with Gasteiger partial charge in [0.25, 0.3) is 5.91 Å². The van der Waals surface area contributed by atoms with Crippen molar-refractivity contribution >= 4 is 18.3 Å². The van der Waals surface area contributed by atoms with Crippen molar-refractivity contribution < 1.29 is 9.53 Å². The number of halogens is 1. The van der Waals surface area contributed by atoms with Crippen molar-refractivity contribution in [1.29, 1.82) is 0 Å². The highest BCUT2D eigenvalue weighted by molar-refractivity contribution is 5.94. The first-order chi connectivity index (χ1) is 8.83.